The molecule has 1 aromatic rings. The van der Waals surface area contributed by atoms with Crippen LogP contribution in [0.25, 0.3) is 0 Å². The van der Waals surface area contributed by atoms with E-state index in [2.05, 4.69) is 25.2 Å². The first-order valence-corrected chi connectivity index (χ1v) is 6.77. The first kappa shape index (κ1) is 14.0. The molecule has 0 spiro atoms. The van der Waals surface area contributed by atoms with E-state index in [0.29, 0.717) is 6.04 Å². The van der Waals surface area contributed by atoms with Crippen LogP contribution in [0.4, 0.5) is 5.69 Å². The van der Waals surface area contributed by atoms with Crippen molar-refractivity contribution >= 4 is 11.6 Å². The molecule has 2 atom stereocenters. The maximum Gasteiger partial charge on any atom is 0.245 e. The Bertz CT molecular complexity index is 456. The summed E-state index contributed by atoms with van der Waals surface area (Å²) < 4.78 is 0. The Balaban J connectivity index is 2.25. The van der Waals surface area contributed by atoms with Gasteiger partial charge in [-0.05, 0) is 39.6 Å². The zero-order chi connectivity index (χ0) is 14.0. The van der Waals surface area contributed by atoms with E-state index in [9.17, 15) is 4.79 Å². The molecule has 0 bridgehead atoms. The van der Waals surface area contributed by atoms with Crippen molar-refractivity contribution in [2.75, 3.05) is 32.1 Å². The molecule has 1 heterocycles. The molecule has 1 aliphatic rings. The second-order valence-electron chi connectivity index (χ2n) is 5.62. The highest BCUT2D eigenvalue weighted by Crippen LogP contribution is 2.22. The molecule has 1 aromatic carbocycles. The van der Waals surface area contributed by atoms with Gasteiger partial charge in [-0.1, -0.05) is 18.2 Å². The third-order valence-electron chi connectivity index (χ3n) is 3.46. The summed E-state index contributed by atoms with van der Waals surface area (Å²) in [6, 6.07) is 8.25. The number of carbonyl (C=O) groups is 1. The molecule has 104 valence electrons. The monoisotopic (exact) mass is 261 g/mol. The molecule has 19 heavy (non-hydrogen) atoms. The van der Waals surface area contributed by atoms with E-state index in [-0.39, 0.29) is 11.9 Å². The predicted octanol–water partition coefficient (Wildman–Crippen LogP) is 1.25. The average Bonchev–Trinajstić information content (AvgIpc) is 2.33. The number of carbonyl (C=O) groups excluding carboxylic acids is 1. The third kappa shape index (κ3) is 3.14. The van der Waals surface area contributed by atoms with Gasteiger partial charge in [0.15, 0.2) is 0 Å². The molecular formula is C15H23N3O. The Morgan fingerprint density at radius 3 is 2.68 bits per heavy atom. The van der Waals surface area contributed by atoms with Gasteiger partial charge in [0.2, 0.25) is 5.91 Å². The summed E-state index contributed by atoms with van der Waals surface area (Å²) in [7, 11) is 3.98. The normalized spacial score (nSPS) is 24.1. The lowest BCUT2D eigenvalue weighted by Crippen LogP contribution is -2.62. The van der Waals surface area contributed by atoms with Crippen LogP contribution in [0, 0.1) is 6.92 Å². The number of benzene rings is 1. The van der Waals surface area contributed by atoms with Crippen molar-refractivity contribution in [1.82, 2.24) is 10.2 Å². The Hall–Kier alpha value is -1.39. The van der Waals surface area contributed by atoms with Crippen molar-refractivity contribution in [3.05, 3.63) is 29.8 Å². The zero-order valence-corrected chi connectivity index (χ0v) is 12.2. The van der Waals surface area contributed by atoms with Crippen molar-refractivity contribution in [3.8, 4) is 0 Å². The molecule has 1 N–H and O–H groups in total. The summed E-state index contributed by atoms with van der Waals surface area (Å²) in [5.41, 5.74) is 2.18. The summed E-state index contributed by atoms with van der Waals surface area (Å²) in [6.45, 7) is 5.63. The molecule has 4 nitrogen and oxygen atoms in total. The number of nitrogens with one attached hydrogen (secondary N) is 1. The molecule has 0 aliphatic carbocycles. The van der Waals surface area contributed by atoms with E-state index in [4.69, 9.17) is 0 Å². The molecular weight excluding hydrogens is 238 g/mol. The lowest BCUT2D eigenvalue weighted by molar-refractivity contribution is -0.122. The van der Waals surface area contributed by atoms with E-state index in [1.165, 1.54) is 0 Å². The fourth-order valence-corrected chi connectivity index (χ4v) is 2.60. The summed E-state index contributed by atoms with van der Waals surface area (Å²) in [5, 5.41) is 3.38. The first-order valence-electron chi connectivity index (χ1n) is 6.77. The lowest BCUT2D eigenvalue weighted by Gasteiger charge is -2.38. The van der Waals surface area contributed by atoms with Gasteiger partial charge in [0.25, 0.3) is 0 Å². The van der Waals surface area contributed by atoms with Gasteiger partial charge < -0.3 is 15.1 Å². The Morgan fingerprint density at radius 2 is 2.05 bits per heavy atom. The highest BCUT2D eigenvalue weighted by molar-refractivity contribution is 5.98. The molecule has 1 saturated heterocycles. The molecule has 2 rings (SSSR count). The maximum absolute atomic E-state index is 12.6. The van der Waals surface area contributed by atoms with Crippen LogP contribution in [0.15, 0.2) is 24.3 Å². The van der Waals surface area contributed by atoms with E-state index in [1.807, 2.05) is 42.1 Å². The van der Waals surface area contributed by atoms with Gasteiger partial charge in [-0.25, -0.2) is 0 Å². The summed E-state index contributed by atoms with van der Waals surface area (Å²) in [4.78, 5) is 16.6. The van der Waals surface area contributed by atoms with E-state index in [1.54, 1.807) is 0 Å². The van der Waals surface area contributed by atoms with Crippen LogP contribution in [0.3, 0.4) is 0 Å². The number of likely N-dealkylation sites (N-methyl/N-ethyl adjacent to an activating group) is 1. The van der Waals surface area contributed by atoms with Gasteiger partial charge in [-0.2, -0.15) is 0 Å². The molecule has 1 aliphatic heterocycles. The van der Waals surface area contributed by atoms with Gasteiger partial charge in [0.05, 0.1) is 0 Å². The van der Waals surface area contributed by atoms with Crippen LogP contribution >= 0.6 is 0 Å². The minimum Gasteiger partial charge on any atom is -0.309 e. The number of rotatable bonds is 3. The second kappa shape index (κ2) is 5.72. The first-order chi connectivity index (χ1) is 8.99. The van der Waals surface area contributed by atoms with E-state index in [0.717, 1.165) is 24.3 Å². The van der Waals surface area contributed by atoms with Crippen LogP contribution in [0.5, 0.6) is 0 Å². The number of aryl methyl sites for hydroxylation is 1. The number of anilines is 1. The molecule has 4 heteroatoms. The zero-order valence-electron chi connectivity index (χ0n) is 12.2. The van der Waals surface area contributed by atoms with Crippen molar-refractivity contribution < 1.29 is 4.79 Å². The SMILES string of the molecule is Cc1ccccc1N1CC(C)NC(CN(C)C)C1=O. The van der Waals surface area contributed by atoms with E-state index < -0.39 is 0 Å². The summed E-state index contributed by atoms with van der Waals surface area (Å²) >= 11 is 0. The highest BCUT2D eigenvalue weighted by Gasteiger charge is 2.33. The van der Waals surface area contributed by atoms with Gasteiger partial charge in [0, 0.05) is 24.8 Å². The van der Waals surface area contributed by atoms with Crippen molar-refractivity contribution in [1.29, 1.82) is 0 Å². The van der Waals surface area contributed by atoms with E-state index >= 15 is 0 Å². The Kier molecular flexibility index (Phi) is 4.22. The van der Waals surface area contributed by atoms with Crippen molar-refractivity contribution in [2.24, 2.45) is 0 Å². The fourth-order valence-electron chi connectivity index (χ4n) is 2.60. The fraction of sp³-hybridized carbons (Fsp3) is 0.533. The van der Waals surface area contributed by atoms with Crippen molar-refractivity contribution in [3.63, 3.8) is 0 Å². The van der Waals surface area contributed by atoms with Crippen LogP contribution in [-0.4, -0.2) is 50.1 Å². The lowest BCUT2D eigenvalue weighted by atomic mass is 10.1. The van der Waals surface area contributed by atoms with Gasteiger partial charge in [-0.3, -0.25) is 4.79 Å². The molecule has 1 amide bonds. The number of nitrogens with zero attached hydrogens (tertiary/aromatic N) is 2. The van der Waals surface area contributed by atoms with Crippen molar-refractivity contribution in [2.45, 2.75) is 25.9 Å². The second-order valence-corrected chi connectivity index (χ2v) is 5.62. The summed E-state index contributed by atoms with van der Waals surface area (Å²) in [5.74, 6) is 0.168. The number of hydrogen-bond donors (Lipinski definition) is 1. The van der Waals surface area contributed by atoms with Crippen LogP contribution in [0.2, 0.25) is 0 Å². The van der Waals surface area contributed by atoms with Gasteiger partial charge >= 0.3 is 0 Å². The average molecular weight is 261 g/mol. The largest absolute Gasteiger partial charge is 0.309 e. The smallest absolute Gasteiger partial charge is 0.245 e. The Labute approximate surface area is 115 Å². The quantitative estimate of drug-likeness (QED) is 0.889. The number of piperazine rings is 1. The van der Waals surface area contributed by atoms with Crippen LogP contribution in [-0.2, 0) is 4.79 Å². The molecule has 0 aromatic heterocycles. The van der Waals surface area contributed by atoms with Crippen LogP contribution in [0.1, 0.15) is 12.5 Å². The standard InChI is InChI=1S/C15H23N3O/c1-11-7-5-6-8-14(11)18-9-12(2)16-13(15(18)19)10-17(3)4/h5-8,12-13,16H,9-10H2,1-4H3. The van der Waals surface area contributed by atoms with Crippen LogP contribution < -0.4 is 10.2 Å². The Morgan fingerprint density at radius 1 is 1.37 bits per heavy atom. The molecule has 0 saturated carbocycles. The predicted molar refractivity (Wildman–Crippen MR) is 78.5 cm³/mol. The molecule has 1 fully saturated rings. The molecule has 0 radical (unpaired) electrons. The maximum atomic E-state index is 12.6. The third-order valence-corrected chi connectivity index (χ3v) is 3.46. The number of para-hydroxylation sites is 1. The topological polar surface area (TPSA) is 35.6 Å². The number of amides is 1. The molecule has 2 unspecified atom stereocenters. The van der Waals surface area contributed by atoms with Gasteiger partial charge in [-0.15, -0.1) is 0 Å². The number of hydrogen-bond acceptors (Lipinski definition) is 3. The van der Waals surface area contributed by atoms with Gasteiger partial charge in [0.1, 0.15) is 6.04 Å². The minimum absolute atomic E-state index is 0.127. The minimum atomic E-state index is -0.127. The highest BCUT2D eigenvalue weighted by atomic mass is 16.2. The summed E-state index contributed by atoms with van der Waals surface area (Å²) in [6.07, 6.45) is 0.